The van der Waals surface area contributed by atoms with E-state index in [1.165, 1.54) is 44.9 Å². The van der Waals surface area contributed by atoms with Crippen molar-refractivity contribution in [2.75, 3.05) is 7.11 Å². The molecule has 0 fully saturated rings. The molecule has 0 spiro atoms. The third-order valence-electron chi connectivity index (χ3n) is 8.63. The highest BCUT2D eigenvalue weighted by molar-refractivity contribution is 4.99. The highest BCUT2D eigenvalue weighted by Crippen LogP contribution is 2.21. The average molecular weight is 583 g/mol. The molecule has 0 aromatic rings. The molecule has 0 aliphatic heterocycles. The van der Waals surface area contributed by atoms with Crippen LogP contribution in [0.25, 0.3) is 0 Å². The Hall–Kier alpha value is -1.34. The number of rotatable bonds is 25. The topological polar surface area (TPSA) is 9.23 Å². The zero-order chi connectivity index (χ0) is 31.8. The average Bonchev–Trinajstić information content (AvgIpc) is 2.91. The van der Waals surface area contributed by atoms with Crippen LogP contribution in [0.3, 0.4) is 0 Å². The second kappa shape index (κ2) is 25.0. The lowest BCUT2D eigenvalue weighted by Gasteiger charge is -2.20. The summed E-state index contributed by atoms with van der Waals surface area (Å²) in [6.45, 7) is 23.1. The summed E-state index contributed by atoms with van der Waals surface area (Å²) in [5.74, 6) is 4.95. The SMILES string of the molecule is COC(C)(C)C/C=C/[C@@H](C)C/C=C/[C@@H](C)C/C=C/[C@H](C)C/C=C\C[C@@H](C)/C=C/C[C@@H](C)CCC[C@@H](C)CCCC(C)C. The highest BCUT2D eigenvalue weighted by atomic mass is 16.5. The number of allylic oxidation sites excluding steroid dienone is 9. The van der Waals surface area contributed by atoms with E-state index in [0.717, 1.165) is 49.9 Å². The minimum absolute atomic E-state index is 0.0704. The van der Waals surface area contributed by atoms with E-state index in [1.54, 1.807) is 7.11 Å². The van der Waals surface area contributed by atoms with Gasteiger partial charge in [-0.3, -0.25) is 0 Å². The summed E-state index contributed by atoms with van der Waals surface area (Å²) in [4.78, 5) is 0. The van der Waals surface area contributed by atoms with E-state index >= 15 is 0 Å². The Kier molecular flexibility index (Phi) is 24.2. The van der Waals surface area contributed by atoms with E-state index in [2.05, 4.69) is 130 Å². The van der Waals surface area contributed by atoms with Crippen molar-refractivity contribution in [2.24, 2.45) is 41.4 Å². The predicted molar refractivity (Wildman–Crippen MR) is 192 cm³/mol. The molecule has 0 aliphatic rings. The minimum atomic E-state index is -0.0704. The molecule has 0 bridgehead atoms. The standard InChI is InChI=1S/C41H74O/c1-34(2)20-14-23-37(5)26-17-29-38(6)27-15-24-35(3)21-12-13-22-36(4)25-16-28-39(7)30-18-31-40(8)32-19-33-41(9,10)42-11/h12-13,15-16,18-19,24-25,30,32,34-40H,14,17,20-23,26-29,31,33H2,1-11H3/b13-12-,24-15+,25-16+,30-18+,32-19+/t35-,36-,37+,38-,39+,40+/m1/s1. The molecule has 0 saturated heterocycles. The Morgan fingerprint density at radius 2 is 0.857 bits per heavy atom. The van der Waals surface area contributed by atoms with Gasteiger partial charge in [0.05, 0.1) is 5.60 Å². The maximum absolute atomic E-state index is 5.49. The molecule has 0 rings (SSSR count). The van der Waals surface area contributed by atoms with E-state index in [9.17, 15) is 0 Å². The van der Waals surface area contributed by atoms with Gasteiger partial charge in [0.1, 0.15) is 0 Å². The van der Waals surface area contributed by atoms with Crippen LogP contribution in [-0.4, -0.2) is 12.7 Å². The third-order valence-corrected chi connectivity index (χ3v) is 8.63. The molecular formula is C41H74O. The zero-order valence-corrected chi connectivity index (χ0v) is 30.2. The molecule has 0 saturated carbocycles. The Labute approximate surface area is 265 Å². The van der Waals surface area contributed by atoms with Crippen LogP contribution in [-0.2, 0) is 4.74 Å². The highest BCUT2D eigenvalue weighted by Gasteiger charge is 2.13. The van der Waals surface area contributed by atoms with Gasteiger partial charge >= 0.3 is 0 Å². The first-order chi connectivity index (χ1) is 19.8. The molecule has 0 radical (unpaired) electrons. The summed E-state index contributed by atoms with van der Waals surface area (Å²) in [6, 6.07) is 0. The zero-order valence-electron chi connectivity index (χ0n) is 30.2. The molecule has 0 unspecified atom stereocenters. The summed E-state index contributed by atoms with van der Waals surface area (Å²) in [6.07, 6.45) is 38.8. The first kappa shape index (κ1) is 40.7. The Bertz CT molecular complexity index is 764. The van der Waals surface area contributed by atoms with Crippen molar-refractivity contribution in [3.8, 4) is 0 Å². The largest absolute Gasteiger partial charge is 0.378 e. The monoisotopic (exact) mass is 583 g/mol. The number of hydrogen-bond donors (Lipinski definition) is 0. The first-order valence-electron chi connectivity index (χ1n) is 17.7. The van der Waals surface area contributed by atoms with Crippen molar-refractivity contribution in [1.29, 1.82) is 0 Å². The van der Waals surface area contributed by atoms with Crippen LogP contribution in [0.5, 0.6) is 0 Å². The second-order valence-corrected chi connectivity index (χ2v) is 14.9. The third kappa shape index (κ3) is 26.3. The lowest BCUT2D eigenvalue weighted by molar-refractivity contribution is 0.0254. The van der Waals surface area contributed by atoms with Crippen LogP contribution in [0.1, 0.15) is 146 Å². The van der Waals surface area contributed by atoms with Gasteiger partial charge in [0.2, 0.25) is 0 Å². The molecule has 6 atom stereocenters. The van der Waals surface area contributed by atoms with Crippen molar-refractivity contribution in [3.63, 3.8) is 0 Å². The molecule has 0 aromatic heterocycles. The van der Waals surface area contributed by atoms with E-state index in [4.69, 9.17) is 4.74 Å². The fraction of sp³-hybridized carbons (Fsp3) is 0.756. The van der Waals surface area contributed by atoms with Gasteiger partial charge < -0.3 is 4.74 Å². The van der Waals surface area contributed by atoms with Gasteiger partial charge in [-0.25, -0.2) is 0 Å². The van der Waals surface area contributed by atoms with E-state index in [0.29, 0.717) is 23.7 Å². The molecule has 244 valence electrons. The van der Waals surface area contributed by atoms with E-state index < -0.39 is 0 Å². The van der Waals surface area contributed by atoms with Crippen LogP contribution in [0, 0.1) is 41.4 Å². The first-order valence-corrected chi connectivity index (χ1v) is 17.7. The lowest BCUT2D eigenvalue weighted by atomic mass is 9.92. The van der Waals surface area contributed by atoms with Crippen LogP contribution in [0.4, 0.5) is 0 Å². The predicted octanol–water partition coefficient (Wildman–Crippen LogP) is 13.3. The molecule has 0 amide bonds. The molecule has 1 nitrogen and oxygen atoms in total. The Morgan fingerprint density at radius 3 is 1.31 bits per heavy atom. The molecule has 0 heterocycles. The van der Waals surface area contributed by atoms with Crippen LogP contribution in [0.2, 0.25) is 0 Å². The van der Waals surface area contributed by atoms with Gasteiger partial charge in [0.15, 0.2) is 0 Å². The molecular weight excluding hydrogens is 508 g/mol. The normalized spacial score (nSPS) is 17.8. The fourth-order valence-corrected chi connectivity index (χ4v) is 5.15. The van der Waals surface area contributed by atoms with Crippen molar-refractivity contribution in [1.82, 2.24) is 0 Å². The number of ether oxygens (including phenoxy) is 1. The van der Waals surface area contributed by atoms with Crippen LogP contribution in [0.15, 0.2) is 60.8 Å². The van der Waals surface area contributed by atoms with Gasteiger partial charge in [-0.15, -0.1) is 0 Å². The van der Waals surface area contributed by atoms with Crippen molar-refractivity contribution >= 4 is 0 Å². The summed E-state index contributed by atoms with van der Waals surface area (Å²) in [7, 11) is 1.79. The fourth-order valence-electron chi connectivity index (χ4n) is 5.15. The van der Waals surface area contributed by atoms with Crippen molar-refractivity contribution in [3.05, 3.63) is 60.8 Å². The molecule has 0 N–H and O–H groups in total. The summed E-state index contributed by atoms with van der Waals surface area (Å²) in [5.41, 5.74) is -0.0704. The van der Waals surface area contributed by atoms with Gasteiger partial charge in [0, 0.05) is 7.11 Å². The van der Waals surface area contributed by atoms with Crippen LogP contribution < -0.4 is 0 Å². The summed E-state index contributed by atoms with van der Waals surface area (Å²) in [5, 5.41) is 0. The molecule has 42 heavy (non-hydrogen) atoms. The lowest BCUT2D eigenvalue weighted by Crippen LogP contribution is -2.20. The summed E-state index contributed by atoms with van der Waals surface area (Å²) < 4.78 is 5.49. The Balaban J connectivity index is 4.05. The van der Waals surface area contributed by atoms with E-state index in [-0.39, 0.29) is 5.60 Å². The second-order valence-electron chi connectivity index (χ2n) is 14.9. The number of hydrogen-bond acceptors (Lipinski definition) is 1. The van der Waals surface area contributed by atoms with Gasteiger partial charge in [-0.05, 0) is 93.8 Å². The van der Waals surface area contributed by atoms with Gasteiger partial charge in [-0.2, -0.15) is 0 Å². The maximum Gasteiger partial charge on any atom is 0.0657 e. The Morgan fingerprint density at radius 1 is 0.476 bits per heavy atom. The maximum atomic E-state index is 5.49. The number of methoxy groups -OCH3 is 1. The van der Waals surface area contributed by atoms with Gasteiger partial charge in [-0.1, -0.05) is 155 Å². The molecule has 1 heteroatoms. The van der Waals surface area contributed by atoms with Gasteiger partial charge in [0.25, 0.3) is 0 Å². The quantitative estimate of drug-likeness (QED) is 0.0973. The summed E-state index contributed by atoms with van der Waals surface area (Å²) >= 11 is 0. The molecule has 0 aliphatic carbocycles. The van der Waals surface area contributed by atoms with Crippen molar-refractivity contribution < 1.29 is 4.74 Å². The van der Waals surface area contributed by atoms with Crippen LogP contribution >= 0.6 is 0 Å². The van der Waals surface area contributed by atoms with E-state index in [1.807, 2.05) is 0 Å². The minimum Gasteiger partial charge on any atom is -0.378 e. The molecule has 0 aromatic carbocycles. The smallest absolute Gasteiger partial charge is 0.0657 e. The van der Waals surface area contributed by atoms with Crippen molar-refractivity contribution in [2.45, 2.75) is 152 Å².